The van der Waals surface area contributed by atoms with Gasteiger partial charge in [0.15, 0.2) is 72.3 Å². The van der Waals surface area contributed by atoms with Crippen LogP contribution in [0.2, 0.25) is 105 Å². The summed E-state index contributed by atoms with van der Waals surface area (Å²) in [6.45, 7) is 30.0. The van der Waals surface area contributed by atoms with Gasteiger partial charge < -0.3 is 82.3 Å². The molecule has 52 heavy (non-hydrogen) atoms. The van der Waals surface area contributed by atoms with Gasteiger partial charge in [-0.1, -0.05) is 0 Å². The summed E-state index contributed by atoms with van der Waals surface area (Å²) < 4.78 is 137. The molecule has 6 saturated heterocycles. The summed E-state index contributed by atoms with van der Waals surface area (Å²) in [5.74, 6) is 0. The normalized spacial score (nSPS) is 42.0. The summed E-state index contributed by atoms with van der Waals surface area (Å²) in [7, 11) is -52.5. The average Bonchev–Trinajstić information content (AvgIpc) is 2.79. The number of hydrogen-bond acceptors (Lipinski definition) is 20. The van der Waals surface area contributed by atoms with Crippen molar-refractivity contribution in [3.8, 4) is 0 Å². The third-order valence-electron chi connectivity index (χ3n) is 5.63. The minimum Gasteiger partial charge on any atom is -0.395 e. The highest BCUT2D eigenvalue weighted by atomic mass is 28.7. The summed E-state index contributed by atoms with van der Waals surface area (Å²) >= 11 is 0. The first-order chi connectivity index (χ1) is 23.8. The summed E-state index contributed by atoms with van der Waals surface area (Å²) in [5, 5.41) is 0. The first kappa shape index (κ1) is 45.7. The van der Waals surface area contributed by atoms with Crippen LogP contribution >= 0.6 is 0 Å². The Labute approximate surface area is 329 Å². The second kappa shape index (κ2) is 16.6. The molecule has 6 rings (SSSR count). The molecule has 0 spiro atoms. The van der Waals surface area contributed by atoms with E-state index in [2.05, 4.69) is 0 Å². The highest BCUT2D eigenvalue weighted by Crippen LogP contribution is 2.50. The lowest BCUT2D eigenvalue weighted by Gasteiger charge is -2.59. The van der Waals surface area contributed by atoms with Gasteiger partial charge in [0.25, 0.3) is 0 Å². The maximum absolute atomic E-state index is 7.01. The van der Waals surface area contributed by atoms with Gasteiger partial charge in [-0.2, -0.15) is 0 Å². The molecule has 0 aromatic carbocycles. The third kappa shape index (κ3) is 10.7. The van der Waals surface area contributed by atoms with Crippen LogP contribution in [0, 0.1) is 0 Å². The second-order valence-electron chi connectivity index (χ2n) is 13.3. The van der Waals surface area contributed by atoms with Crippen LogP contribution in [0.4, 0.5) is 0 Å². The SMILES string of the molecule is C[Si](C)O[Si]12O[Si]3(O[Si](C)C)O[Si]4(O[Si](C)C)O[Si](O[Si](C)C)(O1)O[Si]1(O[Si](C)C)O[Si](O[Si](C)C)(O2)O[Si](O[Si](C)C)(O3)O[Si](O[Si](C)C)(O4)O1. The van der Waals surface area contributed by atoms with Crippen molar-refractivity contribution < 1.29 is 82.3 Å². The second-order valence-corrected chi connectivity index (χ2v) is 52.2. The molecule has 6 fully saturated rings. The van der Waals surface area contributed by atoms with Crippen LogP contribution < -0.4 is 0 Å². The van der Waals surface area contributed by atoms with Gasteiger partial charge in [-0.3, -0.25) is 0 Å². The van der Waals surface area contributed by atoms with Crippen molar-refractivity contribution in [1.82, 2.24) is 0 Å². The zero-order valence-corrected chi connectivity index (χ0v) is 48.2. The molecular weight excluding hydrogens is 962 g/mol. The van der Waals surface area contributed by atoms with Gasteiger partial charge >= 0.3 is 72.4 Å². The summed E-state index contributed by atoms with van der Waals surface area (Å²) in [6.07, 6.45) is 0. The Bertz CT molecular complexity index is 907. The van der Waals surface area contributed by atoms with Crippen LogP contribution in [-0.2, 0) is 82.3 Å². The van der Waals surface area contributed by atoms with Crippen molar-refractivity contribution in [1.29, 1.82) is 0 Å². The molecule has 0 aromatic rings. The lowest BCUT2D eigenvalue weighted by Crippen LogP contribution is -2.92. The molecule has 0 aromatic heterocycles. The molecule has 8 bridgehead atoms. The first-order valence-corrected chi connectivity index (χ1v) is 48.5. The van der Waals surface area contributed by atoms with Crippen molar-refractivity contribution >= 4 is 145 Å². The molecule has 20 nitrogen and oxygen atoms in total. The van der Waals surface area contributed by atoms with Gasteiger partial charge in [0, 0.05) is 0 Å². The summed E-state index contributed by atoms with van der Waals surface area (Å²) in [6, 6.07) is 0. The summed E-state index contributed by atoms with van der Waals surface area (Å²) in [5.41, 5.74) is 0. The van der Waals surface area contributed by atoms with Gasteiger partial charge in [0.05, 0.1) is 0 Å². The smallest absolute Gasteiger partial charge is 0.395 e. The van der Waals surface area contributed by atoms with Crippen molar-refractivity contribution in [2.75, 3.05) is 0 Å². The lowest BCUT2D eigenvalue weighted by molar-refractivity contribution is -0.127. The molecule has 296 valence electrons. The predicted molar refractivity (Wildman–Crippen MR) is 208 cm³/mol. The molecule has 36 heteroatoms. The number of rotatable bonds is 16. The van der Waals surface area contributed by atoms with Gasteiger partial charge in [-0.25, -0.2) is 0 Å². The third-order valence-corrected chi connectivity index (χ3v) is 50.7. The van der Waals surface area contributed by atoms with E-state index in [1.807, 2.05) is 105 Å². The van der Waals surface area contributed by atoms with E-state index in [1.54, 1.807) is 0 Å². The summed E-state index contributed by atoms with van der Waals surface area (Å²) in [4.78, 5) is 0. The van der Waals surface area contributed by atoms with Crippen molar-refractivity contribution in [2.45, 2.75) is 105 Å². The Morgan fingerprint density at radius 2 is 0.269 bits per heavy atom. The van der Waals surface area contributed by atoms with Crippen LogP contribution in [0.3, 0.4) is 0 Å². The quantitative estimate of drug-likeness (QED) is 0.204. The van der Waals surface area contributed by atoms with E-state index in [0.717, 1.165) is 0 Å². The fraction of sp³-hybridized carbons (Fsp3) is 1.00. The van der Waals surface area contributed by atoms with E-state index in [-0.39, 0.29) is 0 Å². The minimum atomic E-state index is -4.80. The molecule has 0 saturated carbocycles. The maximum atomic E-state index is 7.01. The van der Waals surface area contributed by atoms with E-state index in [1.165, 1.54) is 0 Å². The molecule has 0 amide bonds. The van der Waals surface area contributed by atoms with E-state index in [0.29, 0.717) is 0 Å². The Kier molecular flexibility index (Phi) is 14.6. The van der Waals surface area contributed by atoms with Gasteiger partial charge in [-0.05, 0) is 105 Å². The first-order valence-electron chi connectivity index (χ1n) is 16.2. The van der Waals surface area contributed by atoms with Crippen molar-refractivity contribution in [2.24, 2.45) is 0 Å². The van der Waals surface area contributed by atoms with Crippen LogP contribution in [0.25, 0.3) is 0 Å². The van der Waals surface area contributed by atoms with E-state index in [9.17, 15) is 0 Å². The molecule has 6 aliphatic rings. The highest BCUT2D eigenvalue weighted by Gasteiger charge is 2.91. The minimum absolute atomic E-state index is 1.76. The predicted octanol–water partition coefficient (Wildman–Crippen LogP) is 1.88. The largest absolute Gasteiger partial charge is 0.651 e. The molecule has 0 N–H and O–H groups in total. The van der Waals surface area contributed by atoms with Gasteiger partial charge in [0.2, 0.25) is 0 Å². The van der Waals surface area contributed by atoms with Crippen LogP contribution in [0.1, 0.15) is 0 Å². The van der Waals surface area contributed by atoms with E-state index < -0.39 is 145 Å². The van der Waals surface area contributed by atoms with Crippen LogP contribution in [-0.4, -0.2) is 145 Å². The van der Waals surface area contributed by atoms with Gasteiger partial charge in [0.1, 0.15) is 0 Å². The molecule has 0 unspecified atom stereocenters. The van der Waals surface area contributed by atoms with E-state index >= 15 is 0 Å². The molecule has 0 atom stereocenters. The maximum Gasteiger partial charge on any atom is 0.651 e. The fourth-order valence-electron chi connectivity index (χ4n) is 4.84. The van der Waals surface area contributed by atoms with Crippen molar-refractivity contribution in [3.63, 3.8) is 0 Å². The van der Waals surface area contributed by atoms with Gasteiger partial charge in [-0.15, -0.1) is 0 Å². The van der Waals surface area contributed by atoms with Crippen LogP contribution in [0.15, 0.2) is 0 Å². The lowest BCUT2D eigenvalue weighted by atomic mass is 11.9. The monoisotopic (exact) mass is 1010 g/mol. The fourth-order valence-corrected chi connectivity index (χ4v) is 61.5. The Morgan fingerprint density at radius 3 is 0.327 bits per heavy atom. The molecule has 6 aliphatic heterocycles. The zero-order chi connectivity index (χ0) is 38.8. The standard InChI is InChI=1S/C16H48O20Si16/c1-37(2)17-45-25-46(18-38(3)4)28-49(21-41(9)10)30-47(26-45,19-39(5)6)32-51(23-43(13)14)33-48(27-45,20-40(7)8)31-50(29-46,22-42(11)12)35-52(34-49,36-51)24-44(15)16/h1-16H3. The Hall–Kier alpha value is 2.67. The average molecular weight is 1010 g/mol. The molecular formula is C16H48O20Si16. The van der Waals surface area contributed by atoms with Crippen LogP contribution in [0.5, 0.6) is 0 Å². The topological polar surface area (TPSA) is 185 Å². The molecule has 8 radical (unpaired) electrons. The zero-order valence-electron chi connectivity index (χ0n) is 32.2. The molecule has 6 heterocycles. The highest BCUT2D eigenvalue weighted by molar-refractivity contribution is 7.01. The Morgan fingerprint density at radius 1 is 0.192 bits per heavy atom. The number of hydrogen-bond donors (Lipinski definition) is 0. The Balaban J connectivity index is 1.97. The molecule has 0 aliphatic carbocycles. The van der Waals surface area contributed by atoms with E-state index in [4.69, 9.17) is 82.3 Å². The van der Waals surface area contributed by atoms with Crippen molar-refractivity contribution in [3.05, 3.63) is 0 Å².